The van der Waals surface area contributed by atoms with Crippen LogP contribution in [0.25, 0.3) is 0 Å². The molecule has 4 heterocycles. The Labute approximate surface area is 204 Å². The third-order valence-corrected chi connectivity index (χ3v) is 8.01. The van der Waals surface area contributed by atoms with Crippen molar-refractivity contribution in [2.45, 2.75) is 69.2 Å². The van der Waals surface area contributed by atoms with Crippen molar-refractivity contribution in [3.8, 4) is 5.75 Å². The minimum Gasteiger partial charge on any atom is -0.489 e. The van der Waals surface area contributed by atoms with Crippen molar-refractivity contribution in [3.05, 3.63) is 59.4 Å². The van der Waals surface area contributed by atoms with Crippen LogP contribution in [0.1, 0.15) is 65.9 Å². The number of benzene rings is 1. The molecule has 1 aromatic carbocycles. The fourth-order valence-corrected chi connectivity index (χ4v) is 6.06. The molecule has 3 aliphatic heterocycles. The molecule has 1 N–H and O–H groups in total. The minimum absolute atomic E-state index is 0.128. The van der Waals surface area contributed by atoms with Crippen molar-refractivity contribution in [1.29, 1.82) is 0 Å². The maximum Gasteiger partial charge on any atom is 0.255 e. The van der Waals surface area contributed by atoms with Gasteiger partial charge in [-0.25, -0.2) is 0 Å². The standard InChI is InChI=1S/C27H30N4O4/c32-25-8-7-23(26(33)29-25)31-16-18-13-20(5-6-21(18)27(31)34)35-24-4-2-1-3-22(24)30-14-19(15-30)17-9-11-28-12-10-17/h5-6,9-13,19,22-24H,1-4,7-8,14-16H2,(H,29,32,33)/t22-,23-,24+/m1/s1. The average Bonchev–Trinajstić information content (AvgIpc) is 3.15. The van der Waals surface area contributed by atoms with E-state index >= 15 is 0 Å². The van der Waals surface area contributed by atoms with Crippen molar-refractivity contribution in [2.24, 2.45) is 0 Å². The van der Waals surface area contributed by atoms with Gasteiger partial charge in [0, 0.05) is 56.0 Å². The lowest BCUT2D eigenvalue weighted by Crippen LogP contribution is -2.57. The largest absolute Gasteiger partial charge is 0.489 e. The van der Waals surface area contributed by atoms with Gasteiger partial charge in [0.25, 0.3) is 5.91 Å². The third kappa shape index (κ3) is 4.20. The maximum absolute atomic E-state index is 13.0. The van der Waals surface area contributed by atoms with E-state index in [2.05, 4.69) is 27.3 Å². The second-order valence-corrected chi connectivity index (χ2v) is 10.2. The summed E-state index contributed by atoms with van der Waals surface area (Å²) in [5, 5.41) is 2.35. The zero-order valence-electron chi connectivity index (χ0n) is 19.7. The van der Waals surface area contributed by atoms with Gasteiger partial charge in [-0.15, -0.1) is 0 Å². The summed E-state index contributed by atoms with van der Waals surface area (Å²) in [5.41, 5.74) is 2.85. The van der Waals surface area contributed by atoms with E-state index in [1.54, 1.807) is 4.90 Å². The highest BCUT2D eigenvalue weighted by Gasteiger charge is 2.41. The van der Waals surface area contributed by atoms with Gasteiger partial charge in [0.05, 0.1) is 0 Å². The molecule has 35 heavy (non-hydrogen) atoms. The molecule has 1 aromatic heterocycles. The number of pyridine rings is 1. The quantitative estimate of drug-likeness (QED) is 0.670. The Bertz CT molecular complexity index is 1150. The van der Waals surface area contributed by atoms with Gasteiger partial charge in [-0.05, 0) is 67.1 Å². The summed E-state index contributed by atoms with van der Waals surface area (Å²) in [6, 6.07) is 9.69. The van der Waals surface area contributed by atoms with E-state index in [1.165, 1.54) is 12.0 Å². The van der Waals surface area contributed by atoms with Crippen LogP contribution in [0.5, 0.6) is 5.75 Å². The van der Waals surface area contributed by atoms with E-state index < -0.39 is 6.04 Å². The van der Waals surface area contributed by atoms with Gasteiger partial charge in [-0.2, -0.15) is 0 Å². The summed E-state index contributed by atoms with van der Waals surface area (Å²) in [4.78, 5) is 45.0. The zero-order valence-corrected chi connectivity index (χ0v) is 19.7. The monoisotopic (exact) mass is 474 g/mol. The number of ether oxygens (including phenoxy) is 1. The summed E-state index contributed by atoms with van der Waals surface area (Å²) in [6.07, 6.45) is 9.04. The van der Waals surface area contributed by atoms with Crippen LogP contribution in [-0.2, 0) is 16.1 Å². The first kappa shape index (κ1) is 22.2. The normalized spacial score (nSPS) is 27.4. The van der Waals surface area contributed by atoms with Crippen LogP contribution in [0.2, 0.25) is 0 Å². The first-order chi connectivity index (χ1) is 17.1. The van der Waals surface area contributed by atoms with Gasteiger partial charge in [0.15, 0.2) is 0 Å². The summed E-state index contributed by atoms with van der Waals surface area (Å²) in [6.45, 7) is 2.47. The molecule has 0 bridgehead atoms. The number of carbonyl (C=O) groups excluding carboxylic acids is 3. The van der Waals surface area contributed by atoms with Gasteiger partial charge in [0.1, 0.15) is 17.9 Å². The number of carbonyl (C=O) groups is 3. The van der Waals surface area contributed by atoms with Gasteiger partial charge in [-0.3, -0.25) is 29.6 Å². The highest BCUT2D eigenvalue weighted by atomic mass is 16.5. The molecule has 2 aromatic rings. The van der Waals surface area contributed by atoms with Crippen LogP contribution in [0.3, 0.4) is 0 Å². The molecule has 182 valence electrons. The van der Waals surface area contributed by atoms with Crippen molar-refractivity contribution in [3.63, 3.8) is 0 Å². The van der Waals surface area contributed by atoms with Crippen LogP contribution in [0.15, 0.2) is 42.7 Å². The zero-order chi connectivity index (χ0) is 23.9. The van der Waals surface area contributed by atoms with Crippen molar-refractivity contribution >= 4 is 17.7 Å². The second-order valence-electron chi connectivity index (χ2n) is 10.2. The van der Waals surface area contributed by atoms with Crippen molar-refractivity contribution in [2.75, 3.05) is 13.1 Å². The van der Waals surface area contributed by atoms with Crippen LogP contribution >= 0.6 is 0 Å². The van der Waals surface area contributed by atoms with Gasteiger partial charge in [-0.1, -0.05) is 6.42 Å². The fourth-order valence-electron chi connectivity index (χ4n) is 6.06. The number of fused-ring (bicyclic) bond motifs is 1. The molecule has 1 aliphatic carbocycles. The molecular weight excluding hydrogens is 444 g/mol. The first-order valence-electron chi connectivity index (χ1n) is 12.6. The number of hydrogen-bond acceptors (Lipinski definition) is 6. The summed E-state index contributed by atoms with van der Waals surface area (Å²) in [7, 11) is 0. The molecule has 8 nitrogen and oxygen atoms in total. The van der Waals surface area contributed by atoms with E-state index in [9.17, 15) is 14.4 Å². The van der Waals surface area contributed by atoms with Gasteiger partial charge in [0.2, 0.25) is 11.8 Å². The summed E-state index contributed by atoms with van der Waals surface area (Å²) < 4.78 is 6.54. The highest BCUT2D eigenvalue weighted by Crippen LogP contribution is 2.36. The number of amides is 3. The molecule has 8 heteroatoms. The van der Waals surface area contributed by atoms with E-state index in [1.807, 2.05) is 30.6 Å². The lowest BCUT2D eigenvalue weighted by atomic mass is 9.84. The Kier molecular flexibility index (Phi) is 5.76. The van der Waals surface area contributed by atoms with Crippen LogP contribution < -0.4 is 10.1 Å². The smallest absolute Gasteiger partial charge is 0.255 e. The molecule has 0 radical (unpaired) electrons. The number of rotatable bonds is 5. The molecule has 0 unspecified atom stereocenters. The number of imide groups is 1. The van der Waals surface area contributed by atoms with Gasteiger partial charge < -0.3 is 9.64 Å². The molecule has 0 spiro atoms. The van der Waals surface area contributed by atoms with Gasteiger partial charge >= 0.3 is 0 Å². The number of hydrogen-bond donors (Lipinski definition) is 1. The predicted octanol–water partition coefficient (Wildman–Crippen LogP) is 2.63. The highest BCUT2D eigenvalue weighted by molar-refractivity contribution is 6.05. The van der Waals surface area contributed by atoms with Crippen LogP contribution in [-0.4, -0.2) is 63.8 Å². The molecule has 3 fully saturated rings. The maximum atomic E-state index is 13.0. The fraction of sp³-hybridized carbons (Fsp3) is 0.481. The van der Waals surface area contributed by atoms with Crippen LogP contribution in [0.4, 0.5) is 0 Å². The SMILES string of the molecule is O=C1CC[C@@H](N2Cc3cc(O[C@H]4CCCC[C@H]4N4CC(c5ccncc5)C4)ccc3C2=O)C(=O)N1. The minimum atomic E-state index is -0.598. The lowest BCUT2D eigenvalue weighted by Gasteiger charge is -2.48. The molecular formula is C27H30N4O4. The Morgan fingerprint density at radius 2 is 1.77 bits per heavy atom. The number of nitrogens with one attached hydrogen (secondary N) is 1. The number of nitrogens with zero attached hydrogens (tertiary/aromatic N) is 3. The average molecular weight is 475 g/mol. The number of likely N-dealkylation sites (tertiary alicyclic amines) is 1. The first-order valence-corrected chi connectivity index (χ1v) is 12.6. The number of piperidine rings is 1. The Hall–Kier alpha value is -3.26. The lowest BCUT2D eigenvalue weighted by molar-refractivity contribution is -0.136. The molecule has 2 saturated heterocycles. The number of aromatic nitrogens is 1. The second kappa shape index (κ2) is 9.07. The molecule has 4 aliphatic rings. The van der Waals surface area contributed by atoms with Crippen LogP contribution in [0, 0.1) is 0 Å². The summed E-state index contributed by atoms with van der Waals surface area (Å²) in [5.74, 6) is 0.528. The van der Waals surface area contributed by atoms with Crippen molar-refractivity contribution in [1.82, 2.24) is 20.1 Å². The van der Waals surface area contributed by atoms with E-state index in [4.69, 9.17) is 4.74 Å². The Morgan fingerprint density at radius 1 is 0.971 bits per heavy atom. The van der Waals surface area contributed by atoms with E-state index in [-0.39, 0.29) is 30.2 Å². The molecule has 3 amide bonds. The van der Waals surface area contributed by atoms with E-state index in [0.717, 1.165) is 43.7 Å². The topological polar surface area (TPSA) is 91.8 Å². The van der Waals surface area contributed by atoms with Crippen molar-refractivity contribution < 1.29 is 19.1 Å². The Morgan fingerprint density at radius 3 is 2.57 bits per heavy atom. The molecule has 3 atom stereocenters. The van der Waals surface area contributed by atoms with E-state index in [0.29, 0.717) is 30.5 Å². The third-order valence-electron chi connectivity index (χ3n) is 8.01. The predicted molar refractivity (Wildman–Crippen MR) is 128 cm³/mol. The summed E-state index contributed by atoms with van der Waals surface area (Å²) >= 11 is 0. The molecule has 6 rings (SSSR count). The Balaban J connectivity index is 1.12. The molecule has 1 saturated carbocycles.